The van der Waals surface area contributed by atoms with Gasteiger partial charge in [0.1, 0.15) is 0 Å². The van der Waals surface area contributed by atoms with Crippen LogP contribution in [0, 0.1) is 0 Å². The lowest BCUT2D eigenvalue weighted by Crippen LogP contribution is -2.32. The monoisotopic (exact) mass is 485 g/mol. The molecule has 1 aromatic heterocycles. The molecule has 2 aromatic carbocycles. The van der Waals surface area contributed by atoms with Crippen molar-refractivity contribution in [3.63, 3.8) is 0 Å². The minimum absolute atomic E-state index is 0.00789. The van der Waals surface area contributed by atoms with Gasteiger partial charge in [-0.1, -0.05) is 70.5 Å². The van der Waals surface area contributed by atoms with Crippen molar-refractivity contribution in [2.75, 3.05) is 6.54 Å². The van der Waals surface area contributed by atoms with E-state index in [2.05, 4.69) is 57.4 Å². The summed E-state index contributed by atoms with van der Waals surface area (Å²) in [6, 6.07) is 13.6. The summed E-state index contributed by atoms with van der Waals surface area (Å²) in [6.07, 6.45) is 3.72. The molecule has 3 aromatic rings. The molecule has 0 aliphatic rings. The second-order valence-electron chi connectivity index (χ2n) is 9.40. The van der Waals surface area contributed by atoms with Crippen molar-refractivity contribution in [2.24, 2.45) is 5.73 Å². The Balaban J connectivity index is 2.21. The summed E-state index contributed by atoms with van der Waals surface area (Å²) in [5.74, 6) is 0.416. The number of rotatable bonds is 7. The van der Waals surface area contributed by atoms with Crippen molar-refractivity contribution < 1.29 is 10.0 Å². The molecule has 33 heavy (non-hydrogen) atoms. The van der Waals surface area contributed by atoms with E-state index < -0.39 is 6.03 Å². The van der Waals surface area contributed by atoms with Crippen LogP contribution < -0.4 is 5.73 Å². The first-order valence-electron chi connectivity index (χ1n) is 11.0. The third-order valence-electron chi connectivity index (χ3n) is 5.22. The molecule has 2 amide bonds. The van der Waals surface area contributed by atoms with Crippen LogP contribution in [0.5, 0.6) is 0 Å². The highest BCUT2D eigenvalue weighted by Crippen LogP contribution is 2.42. The molecule has 0 radical (unpaired) electrons. The molecule has 3 N–H and O–H groups in total. The fourth-order valence-electron chi connectivity index (χ4n) is 3.60. The van der Waals surface area contributed by atoms with Crippen molar-refractivity contribution in [1.29, 1.82) is 0 Å². The van der Waals surface area contributed by atoms with Crippen LogP contribution in [0.2, 0.25) is 5.02 Å². The van der Waals surface area contributed by atoms with Gasteiger partial charge in [-0.2, -0.15) is 0 Å². The van der Waals surface area contributed by atoms with Crippen LogP contribution in [0.15, 0.2) is 53.4 Å². The number of amides is 2. The molecule has 176 valence electrons. The number of hydrogen-bond acceptors (Lipinski definition) is 3. The molecule has 0 aliphatic carbocycles. The number of carbonyl (C=O) groups is 1. The van der Waals surface area contributed by atoms with E-state index in [0.717, 1.165) is 16.8 Å². The number of urea groups is 1. The Morgan fingerprint density at radius 1 is 1.21 bits per heavy atom. The summed E-state index contributed by atoms with van der Waals surface area (Å²) < 4.78 is 2.27. The van der Waals surface area contributed by atoms with Crippen LogP contribution >= 0.6 is 23.4 Å². The Labute approximate surface area is 205 Å². The number of hydrogen-bond donors (Lipinski definition) is 2. The van der Waals surface area contributed by atoms with Gasteiger partial charge in [-0.25, -0.2) is 9.86 Å². The van der Waals surface area contributed by atoms with E-state index in [4.69, 9.17) is 17.3 Å². The van der Waals surface area contributed by atoms with Crippen molar-refractivity contribution >= 4 is 46.4 Å². The van der Waals surface area contributed by atoms with Gasteiger partial charge >= 0.3 is 6.03 Å². The molecule has 0 saturated carbocycles. The quantitative estimate of drug-likeness (QED) is 0.212. The summed E-state index contributed by atoms with van der Waals surface area (Å²) in [5, 5.41) is 12.1. The summed E-state index contributed by atoms with van der Waals surface area (Å²) in [7, 11) is 0. The normalized spacial score (nSPS) is 12.2. The zero-order valence-corrected chi connectivity index (χ0v) is 21.4. The van der Waals surface area contributed by atoms with Crippen LogP contribution in [0.1, 0.15) is 57.4 Å². The van der Waals surface area contributed by atoms with Crippen LogP contribution in [0.3, 0.4) is 0 Å². The second-order valence-corrected chi connectivity index (χ2v) is 11.7. The second kappa shape index (κ2) is 10.2. The number of aromatic nitrogens is 1. The van der Waals surface area contributed by atoms with Crippen molar-refractivity contribution in [2.45, 2.75) is 56.7 Å². The topological polar surface area (TPSA) is 71.5 Å². The van der Waals surface area contributed by atoms with Gasteiger partial charge in [0.25, 0.3) is 0 Å². The Bertz CT molecular complexity index is 1160. The zero-order chi connectivity index (χ0) is 24.3. The highest BCUT2D eigenvalue weighted by molar-refractivity contribution is 8.00. The van der Waals surface area contributed by atoms with Crippen LogP contribution in [0.4, 0.5) is 4.79 Å². The number of hydroxylamine groups is 2. The summed E-state index contributed by atoms with van der Waals surface area (Å²) in [4.78, 5) is 12.4. The molecule has 0 fully saturated rings. The predicted octanol–water partition coefficient (Wildman–Crippen LogP) is 7.14. The largest absolute Gasteiger partial charge is 0.350 e. The van der Waals surface area contributed by atoms with E-state index in [1.807, 2.05) is 42.1 Å². The van der Waals surface area contributed by atoms with Gasteiger partial charge in [-0.15, -0.1) is 11.8 Å². The summed E-state index contributed by atoms with van der Waals surface area (Å²) in [6.45, 7) is 11.7. The Morgan fingerprint density at radius 3 is 2.45 bits per heavy atom. The fraction of sp³-hybridized carbons (Fsp3) is 0.346. The summed E-state index contributed by atoms with van der Waals surface area (Å²) >= 11 is 7.92. The van der Waals surface area contributed by atoms with Gasteiger partial charge in [0.05, 0.1) is 12.2 Å². The molecule has 0 saturated heterocycles. The number of thioether (sulfide) groups is 1. The van der Waals surface area contributed by atoms with Crippen LogP contribution in [-0.4, -0.2) is 32.2 Å². The van der Waals surface area contributed by atoms with E-state index in [1.165, 1.54) is 15.8 Å². The standard InChI is InChI=1S/C26H32ClN3O2S/c1-17(2)19-10-13-22-21(15-19)24(33-26(3,4)5)23(7-6-14-30(32)25(28)31)29(22)16-18-8-11-20(27)12-9-18/h6-13,15,17,32H,14,16H2,1-5H3,(H2,28,31)/b7-6+. The molecule has 0 unspecified atom stereocenters. The lowest BCUT2D eigenvalue weighted by atomic mass is 10.0. The zero-order valence-electron chi connectivity index (χ0n) is 19.8. The first kappa shape index (κ1) is 25.2. The van der Waals surface area contributed by atoms with Gasteiger partial charge < -0.3 is 10.3 Å². The molecule has 3 rings (SSSR count). The van der Waals surface area contributed by atoms with Crippen LogP contribution in [-0.2, 0) is 6.54 Å². The molecule has 7 heteroatoms. The molecule has 0 aliphatic heterocycles. The number of halogens is 1. The van der Waals surface area contributed by atoms with E-state index >= 15 is 0 Å². The van der Waals surface area contributed by atoms with Crippen molar-refractivity contribution in [3.05, 3.63) is 70.4 Å². The molecule has 1 heterocycles. The average Bonchev–Trinajstić information content (AvgIpc) is 3.00. The molecule has 0 bridgehead atoms. The number of carbonyl (C=O) groups excluding carboxylic acids is 1. The Morgan fingerprint density at radius 2 is 1.88 bits per heavy atom. The first-order valence-corrected chi connectivity index (χ1v) is 12.2. The van der Waals surface area contributed by atoms with Crippen LogP contribution in [0.25, 0.3) is 17.0 Å². The summed E-state index contributed by atoms with van der Waals surface area (Å²) in [5.41, 5.74) is 9.74. The predicted molar refractivity (Wildman–Crippen MR) is 139 cm³/mol. The van der Waals surface area contributed by atoms with E-state index in [0.29, 0.717) is 22.5 Å². The fourth-order valence-corrected chi connectivity index (χ4v) is 4.89. The number of nitrogens with zero attached hydrogens (tertiary/aromatic N) is 2. The lowest BCUT2D eigenvalue weighted by Gasteiger charge is -2.18. The first-order chi connectivity index (χ1) is 15.5. The van der Waals surface area contributed by atoms with E-state index in [9.17, 15) is 10.0 Å². The van der Waals surface area contributed by atoms with Gasteiger partial charge in [0, 0.05) is 32.1 Å². The highest BCUT2D eigenvalue weighted by Gasteiger charge is 2.22. The maximum Gasteiger partial charge on any atom is 0.338 e. The molecular weight excluding hydrogens is 454 g/mol. The third-order valence-corrected chi connectivity index (χ3v) is 6.71. The lowest BCUT2D eigenvalue weighted by molar-refractivity contribution is -0.0286. The SMILES string of the molecule is CC(C)c1ccc2c(c1)c(SC(C)(C)C)c(/C=C/CN(O)C(N)=O)n2Cc1ccc(Cl)cc1. The van der Waals surface area contributed by atoms with Crippen molar-refractivity contribution in [1.82, 2.24) is 9.63 Å². The average molecular weight is 486 g/mol. The molecular formula is C26H32ClN3O2S. The van der Waals surface area contributed by atoms with Gasteiger partial charge in [-0.3, -0.25) is 5.21 Å². The maximum absolute atomic E-state index is 11.2. The smallest absolute Gasteiger partial charge is 0.338 e. The molecule has 5 nitrogen and oxygen atoms in total. The molecule has 0 atom stereocenters. The van der Waals surface area contributed by atoms with Gasteiger partial charge in [-0.05, 0) is 47.4 Å². The number of fused-ring (bicyclic) bond motifs is 1. The van der Waals surface area contributed by atoms with Gasteiger partial charge in [0.2, 0.25) is 0 Å². The van der Waals surface area contributed by atoms with E-state index in [1.54, 1.807) is 6.08 Å². The Hall–Kier alpha value is -2.41. The minimum atomic E-state index is -0.882. The number of benzene rings is 2. The van der Waals surface area contributed by atoms with Gasteiger partial charge in [0.15, 0.2) is 0 Å². The minimum Gasteiger partial charge on any atom is -0.350 e. The number of nitrogens with two attached hydrogens (primary N) is 1. The Kier molecular flexibility index (Phi) is 7.83. The highest BCUT2D eigenvalue weighted by atomic mass is 35.5. The van der Waals surface area contributed by atoms with E-state index in [-0.39, 0.29) is 11.3 Å². The van der Waals surface area contributed by atoms with Crippen molar-refractivity contribution in [3.8, 4) is 0 Å². The maximum atomic E-state index is 11.2. The number of primary amides is 1. The third kappa shape index (κ3) is 6.34. The molecule has 0 spiro atoms.